The Morgan fingerprint density at radius 3 is 2.67 bits per heavy atom. The molecule has 0 aliphatic carbocycles. The first-order chi connectivity index (χ1) is 14.5. The minimum Gasteiger partial charge on any atom is -0.466 e. The van der Waals surface area contributed by atoms with Crippen molar-refractivity contribution in [2.24, 2.45) is 0 Å². The zero-order valence-corrected chi connectivity index (χ0v) is 17.7. The molecule has 1 aliphatic heterocycles. The summed E-state index contributed by atoms with van der Waals surface area (Å²) in [4.78, 5) is 27.0. The first-order valence-corrected chi connectivity index (χ1v) is 9.98. The predicted molar refractivity (Wildman–Crippen MR) is 110 cm³/mol. The second-order valence-electron chi connectivity index (χ2n) is 7.18. The van der Waals surface area contributed by atoms with Crippen molar-refractivity contribution in [2.75, 3.05) is 33.6 Å². The van der Waals surface area contributed by atoms with E-state index in [2.05, 4.69) is 5.32 Å². The standard InChI is InChI=1S/C22H28N2O6/c1-15-11-18(16(2)30-15)22(26)24(8-4-10-27-3)9-7-21(25)23-13-17-5-6-19-20(12-17)29-14-28-19/h5-6,11-12H,4,7-10,13-14H2,1-3H3,(H,23,25). The number of hydrogen-bond donors (Lipinski definition) is 1. The predicted octanol–water partition coefficient (Wildman–Crippen LogP) is 2.81. The number of benzene rings is 1. The number of carbonyl (C=O) groups is 2. The zero-order valence-electron chi connectivity index (χ0n) is 17.7. The smallest absolute Gasteiger partial charge is 0.257 e. The summed E-state index contributed by atoms with van der Waals surface area (Å²) in [7, 11) is 1.62. The van der Waals surface area contributed by atoms with Gasteiger partial charge in [0.1, 0.15) is 11.5 Å². The first kappa shape index (κ1) is 21.7. The van der Waals surface area contributed by atoms with E-state index in [0.717, 1.165) is 5.56 Å². The third-order valence-electron chi connectivity index (χ3n) is 4.87. The van der Waals surface area contributed by atoms with Gasteiger partial charge in [0.05, 0.1) is 5.56 Å². The molecule has 0 unspecified atom stereocenters. The molecule has 30 heavy (non-hydrogen) atoms. The van der Waals surface area contributed by atoms with Gasteiger partial charge < -0.3 is 28.8 Å². The van der Waals surface area contributed by atoms with Gasteiger partial charge in [0.2, 0.25) is 12.7 Å². The molecular formula is C22H28N2O6. The van der Waals surface area contributed by atoms with Crippen molar-refractivity contribution >= 4 is 11.8 Å². The second kappa shape index (κ2) is 10.2. The van der Waals surface area contributed by atoms with E-state index in [1.54, 1.807) is 25.0 Å². The fraction of sp³-hybridized carbons (Fsp3) is 0.455. The number of nitrogens with one attached hydrogen (secondary N) is 1. The Kier molecular flexibility index (Phi) is 7.35. The Morgan fingerprint density at radius 1 is 1.13 bits per heavy atom. The zero-order chi connectivity index (χ0) is 21.5. The summed E-state index contributed by atoms with van der Waals surface area (Å²) < 4.78 is 21.2. The number of nitrogens with zero attached hydrogens (tertiary/aromatic N) is 1. The van der Waals surface area contributed by atoms with Gasteiger partial charge in [-0.2, -0.15) is 0 Å². The van der Waals surface area contributed by atoms with Gasteiger partial charge in [0.25, 0.3) is 5.91 Å². The lowest BCUT2D eigenvalue weighted by atomic mass is 10.2. The average molecular weight is 416 g/mol. The molecule has 2 amide bonds. The normalized spacial score (nSPS) is 12.1. The van der Waals surface area contributed by atoms with Crippen LogP contribution in [0.2, 0.25) is 0 Å². The molecule has 0 saturated heterocycles. The molecule has 1 N–H and O–H groups in total. The maximum atomic E-state index is 12.9. The molecule has 2 heterocycles. The second-order valence-corrected chi connectivity index (χ2v) is 7.18. The average Bonchev–Trinajstić information content (AvgIpc) is 3.33. The van der Waals surface area contributed by atoms with E-state index < -0.39 is 0 Å². The molecule has 0 fully saturated rings. The van der Waals surface area contributed by atoms with Crippen LogP contribution < -0.4 is 14.8 Å². The number of furan rings is 1. The molecule has 8 nitrogen and oxygen atoms in total. The van der Waals surface area contributed by atoms with Crippen molar-refractivity contribution in [2.45, 2.75) is 33.2 Å². The van der Waals surface area contributed by atoms with E-state index in [4.69, 9.17) is 18.6 Å². The number of carbonyl (C=O) groups excluding carboxylic acids is 2. The SMILES string of the molecule is COCCCN(CCC(=O)NCc1ccc2c(c1)OCO2)C(=O)c1cc(C)oc1C. The molecule has 3 rings (SSSR count). The van der Waals surface area contributed by atoms with Gasteiger partial charge in [-0.3, -0.25) is 9.59 Å². The lowest BCUT2D eigenvalue weighted by Gasteiger charge is -2.22. The van der Waals surface area contributed by atoms with Crippen LogP contribution in [0.25, 0.3) is 0 Å². The Bertz CT molecular complexity index is 892. The number of amides is 2. The van der Waals surface area contributed by atoms with Gasteiger partial charge in [-0.1, -0.05) is 6.07 Å². The van der Waals surface area contributed by atoms with Crippen molar-refractivity contribution < 1.29 is 28.2 Å². The third kappa shape index (κ3) is 5.54. The maximum absolute atomic E-state index is 12.9. The molecule has 1 aromatic heterocycles. The third-order valence-corrected chi connectivity index (χ3v) is 4.87. The van der Waals surface area contributed by atoms with Crippen molar-refractivity contribution in [1.29, 1.82) is 0 Å². The van der Waals surface area contributed by atoms with E-state index >= 15 is 0 Å². The Morgan fingerprint density at radius 2 is 1.93 bits per heavy atom. The number of methoxy groups -OCH3 is 1. The fourth-order valence-electron chi connectivity index (χ4n) is 3.30. The Hall–Kier alpha value is -3.00. The Balaban J connectivity index is 1.54. The van der Waals surface area contributed by atoms with Gasteiger partial charge in [-0.05, 0) is 44.0 Å². The maximum Gasteiger partial charge on any atom is 0.257 e. The van der Waals surface area contributed by atoms with Crippen LogP contribution in [0.4, 0.5) is 0 Å². The van der Waals surface area contributed by atoms with Crippen molar-refractivity contribution in [3.05, 3.63) is 46.9 Å². The number of aryl methyl sites for hydroxylation is 2. The molecule has 1 aromatic carbocycles. The summed E-state index contributed by atoms with van der Waals surface area (Å²) in [6.45, 7) is 5.55. The van der Waals surface area contributed by atoms with Crippen LogP contribution in [0.1, 0.15) is 40.3 Å². The van der Waals surface area contributed by atoms with Crippen molar-refractivity contribution in [3.63, 3.8) is 0 Å². The summed E-state index contributed by atoms with van der Waals surface area (Å²) in [5.74, 6) is 2.40. The molecule has 1 aliphatic rings. The van der Waals surface area contributed by atoms with Crippen molar-refractivity contribution in [3.8, 4) is 11.5 Å². The minimum atomic E-state index is -0.135. The lowest BCUT2D eigenvalue weighted by molar-refractivity contribution is -0.121. The monoisotopic (exact) mass is 416 g/mol. The summed E-state index contributed by atoms with van der Waals surface area (Å²) in [6.07, 6.45) is 0.899. The molecule has 2 aromatic rings. The van der Waals surface area contributed by atoms with Crippen LogP contribution in [-0.2, 0) is 16.1 Å². The van der Waals surface area contributed by atoms with E-state index in [-0.39, 0.29) is 25.0 Å². The molecule has 0 saturated carbocycles. The highest BCUT2D eigenvalue weighted by Gasteiger charge is 2.21. The van der Waals surface area contributed by atoms with Crippen LogP contribution in [0.15, 0.2) is 28.7 Å². The molecular weight excluding hydrogens is 388 g/mol. The number of rotatable bonds is 10. The van der Waals surface area contributed by atoms with Crippen LogP contribution in [0.3, 0.4) is 0 Å². The fourth-order valence-corrected chi connectivity index (χ4v) is 3.30. The summed E-state index contributed by atoms with van der Waals surface area (Å²) in [5.41, 5.74) is 1.45. The highest BCUT2D eigenvalue weighted by Crippen LogP contribution is 2.32. The van der Waals surface area contributed by atoms with Crippen LogP contribution in [0, 0.1) is 13.8 Å². The Labute approximate surface area is 176 Å². The highest BCUT2D eigenvalue weighted by molar-refractivity contribution is 5.95. The van der Waals surface area contributed by atoms with Crippen LogP contribution in [0.5, 0.6) is 11.5 Å². The topological polar surface area (TPSA) is 90.2 Å². The summed E-state index contributed by atoms with van der Waals surface area (Å²) in [6, 6.07) is 7.31. The van der Waals surface area contributed by atoms with Gasteiger partial charge in [-0.15, -0.1) is 0 Å². The van der Waals surface area contributed by atoms with Gasteiger partial charge in [0, 0.05) is 39.8 Å². The summed E-state index contributed by atoms with van der Waals surface area (Å²) >= 11 is 0. The quantitative estimate of drug-likeness (QED) is 0.599. The van der Waals surface area contributed by atoms with Gasteiger partial charge in [-0.25, -0.2) is 0 Å². The van der Waals surface area contributed by atoms with Crippen LogP contribution >= 0.6 is 0 Å². The van der Waals surface area contributed by atoms with Gasteiger partial charge in [0.15, 0.2) is 11.5 Å². The van der Waals surface area contributed by atoms with E-state index in [0.29, 0.717) is 61.2 Å². The van der Waals surface area contributed by atoms with E-state index in [1.807, 2.05) is 25.1 Å². The largest absolute Gasteiger partial charge is 0.466 e. The summed E-state index contributed by atoms with van der Waals surface area (Å²) in [5, 5.41) is 2.89. The first-order valence-electron chi connectivity index (χ1n) is 9.98. The van der Waals surface area contributed by atoms with Crippen LogP contribution in [-0.4, -0.2) is 50.3 Å². The molecule has 8 heteroatoms. The van der Waals surface area contributed by atoms with Crippen molar-refractivity contribution in [1.82, 2.24) is 10.2 Å². The number of fused-ring (bicyclic) bond motifs is 1. The molecule has 0 spiro atoms. The lowest BCUT2D eigenvalue weighted by Crippen LogP contribution is -2.36. The van der Waals surface area contributed by atoms with E-state index in [1.165, 1.54) is 0 Å². The molecule has 0 bridgehead atoms. The molecule has 0 atom stereocenters. The van der Waals surface area contributed by atoms with E-state index in [9.17, 15) is 9.59 Å². The highest BCUT2D eigenvalue weighted by atomic mass is 16.7. The minimum absolute atomic E-state index is 0.127. The number of hydrogen-bond acceptors (Lipinski definition) is 6. The molecule has 0 radical (unpaired) electrons. The number of ether oxygens (including phenoxy) is 3. The van der Waals surface area contributed by atoms with Gasteiger partial charge >= 0.3 is 0 Å². The molecule has 162 valence electrons.